The molecule has 1 aliphatic rings. The van der Waals surface area contributed by atoms with Crippen LogP contribution in [0.2, 0.25) is 0 Å². The number of hydrogen-bond acceptors (Lipinski definition) is 4. The van der Waals surface area contributed by atoms with Crippen molar-refractivity contribution >= 4 is 27.0 Å². The maximum atomic E-state index is 13.2. The van der Waals surface area contributed by atoms with E-state index in [1.807, 2.05) is 38.1 Å². The monoisotopic (exact) mass is 444 g/mol. The van der Waals surface area contributed by atoms with Crippen LogP contribution in [0, 0.1) is 11.7 Å². The number of aromatic amines is 1. The van der Waals surface area contributed by atoms with Crippen LogP contribution in [-0.4, -0.2) is 41.2 Å². The van der Waals surface area contributed by atoms with Crippen LogP contribution in [-0.2, 0) is 14.8 Å². The number of sulfonamides is 1. The number of halogens is 1. The van der Waals surface area contributed by atoms with Crippen molar-refractivity contribution in [1.29, 1.82) is 0 Å². The van der Waals surface area contributed by atoms with Gasteiger partial charge in [-0.3, -0.25) is 4.79 Å². The van der Waals surface area contributed by atoms with Crippen LogP contribution in [0.1, 0.15) is 38.6 Å². The van der Waals surface area contributed by atoms with E-state index in [0.29, 0.717) is 18.7 Å². The van der Waals surface area contributed by atoms with Crippen molar-refractivity contribution in [3.8, 4) is 0 Å². The molecular weight excluding hydrogens is 419 g/mol. The molecule has 1 aliphatic heterocycles. The van der Waals surface area contributed by atoms with E-state index in [9.17, 15) is 17.6 Å². The first-order valence-electron chi connectivity index (χ1n) is 10.3. The minimum Gasteiger partial charge on any atom is -0.344 e. The van der Waals surface area contributed by atoms with Crippen LogP contribution in [0.4, 0.5) is 4.39 Å². The Labute approximate surface area is 180 Å². The molecule has 0 aliphatic carbocycles. The van der Waals surface area contributed by atoms with Crippen molar-refractivity contribution in [2.75, 3.05) is 6.54 Å². The van der Waals surface area contributed by atoms with Gasteiger partial charge in [0.05, 0.1) is 22.0 Å². The number of hydrogen-bond donors (Lipinski definition) is 2. The smallest absolute Gasteiger partial charge is 0.243 e. The number of carbonyl (C=O) groups is 1. The Kier molecular flexibility index (Phi) is 5.81. The summed E-state index contributed by atoms with van der Waals surface area (Å²) in [5.74, 6) is -0.203. The molecule has 0 bridgehead atoms. The van der Waals surface area contributed by atoms with Gasteiger partial charge in [0.2, 0.25) is 15.9 Å². The van der Waals surface area contributed by atoms with Crippen molar-refractivity contribution in [3.63, 3.8) is 0 Å². The maximum Gasteiger partial charge on any atom is 0.243 e. The summed E-state index contributed by atoms with van der Waals surface area (Å²) in [7, 11) is -3.91. The first-order valence-corrected chi connectivity index (χ1v) is 11.7. The number of carbonyl (C=O) groups excluding carboxylic acids is 1. The zero-order valence-corrected chi connectivity index (χ0v) is 18.2. The molecule has 31 heavy (non-hydrogen) atoms. The number of imidazole rings is 1. The Balaban J connectivity index is 1.57. The molecule has 0 saturated carbocycles. The Morgan fingerprint density at radius 3 is 2.58 bits per heavy atom. The van der Waals surface area contributed by atoms with Crippen molar-refractivity contribution in [2.24, 2.45) is 5.92 Å². The predicted octanol–water partition coefficient (Wildman–Crippen LogP) is 3.37. The topological polar surface area (TPSA) is 95.2 Å². The molecule has 4 rings (SSSR count). The lowest BCUT2D eigenvalue weighted by atomic mass is 10.0. The molecule has 0 radical (unpaired) electrons. The number of fused-ring (bicyclic) bond motifs is 1. The average molecular weight is 445 g/mol. The Morgan fingerprint density at radius 2 is 1.90 bits per heavy atom. The van der Waals surface area contributed by atoms with E-state index >= 15 is 0 Å². The lowest BCUT2D eigenvalue weighted by Crippen LogP contribution is -2.47. The Morgan fingerprint density at radius 1 is 1.19 bits per heavy atom. The summed E-state index contributed by atoms with van der Waals surface area (Å²) in [6.07, 6.45) is 1.01. The number of rotatable bonds is 6. The van der Waals surface area contributed by atoms with E-state index in [4.69, 9.17) is 0 Å². The maximum absolute atomic E-state index is 13.2. The van der Waals surface area contributed by atoms with E-state index < -0.39 is 27.9 Å². The second kappa shape index (κ2) is 8.39. The van der Waals surface area contributed by atoms with E-state index in [2.05, 4.69) is 15.3 Å². The fourth-order valence-electron chi connectivity index (χ4n) is 3.95. The number of para-hydroxylation sites is 2. The summed E-state index contributed by atoms with van der Waals surface area (Å²) < 4.78 is 40.6. The van der Waals surface area contributed by atoms with Crippen LogP contribution >= 0.6 is 0 Å². The minimum atomic E-state index is -3.91. The zero-order valence-electron chi connectivity index (χ0n) is 17.4. The van der Waals surface area contributed by atoms with Crippen LogP contribution in [0.3, 0.4) is 0 Å². The van der Waals surface area contributed by atoms with E-state index in [1.165, 1.54) is 16.4 Å². The number of H-pyrrole nitrogens is 1. The molecule has 1 amide bonds. The molecule has 2 heterocycles. The highest BCUT2D eigenvalue weighted by molar-refractivity contribution is 7.89. The SMILES string of the molecule is CC(C)C(NC(=O)C1CCCN1S(=O)(=O)c1ccc(F)cc1)c1nc2ccccc2[nH]1. The summed E-state index contributed by atoms with van der Waals surface area (Å²) in [4.78, 5) is 21.0. The molecule has 1 aromatic heterocycles. The van der Waals surface area contributed by atoms with Gasteiger partial charge in [0, 0.05) is 6.54 Å². The first kappa shape index (κ1) is 21.5. The fourth-order valence-corrected chi connectivity index (χ4v) is 5.61. The molecule has 2 N–H and O–H groups in total. The van der Waals surface area contributed by atoms with E-state index in [1.54, 1.807) is 0 Å². The summed E-state index contributed by atoms with van der Waals surface area (Å²) >= 11 is 0. The number of nitrogens with zero attached hydrogens (tertiary/aromatic N) is 2. The van der Waals surface area contributed by atoms with Gasteiger partial charge in [-0.25, -0.2) is 17.8 Å². The highest BCUT2D eigenvalue weighted by atomic mass is 32.2. The Bertz CT molecular complexity index is 1160. The second-order valence-electron chi connectivity index (χ2n) is 8.10. The third kappa shape index (κ3) is 4.20. The standard InChI is InChI=1S/C22H25FN4O3S/c1-14(2)20(21-24-17-6-3-4-7-18(17)25-21)26-22(28)19-8-5-13-27(19)31(29,30)16-11-9-15(23)10-12-16/h3-4,6-7,9-12,14,19-20H,5,8,13H2,1-2H3,(H,24,25)(H,26,28). The molecule has 1 saturated heterocycles. The lowest BCUT2D eigenvalue weighted by molar-refractivity contribution is -0.125. The van der Waals surface area contributed by atoms with Gasteiger partial charge in [-0.15, -0.1) is 0 Å². The number of aromatic nitrogens is 2. The average Bonchev–Trinajstić information content (AvgIpc) is 3.39. The minimum absolute atomic E-state index is 0.0220. The summed E-state index contributed by atoms with van der Waals surface area (Å²) in [6, 6.07) is 11.1. The quantitative estimate of drug-likeness (QED) is 0.609. The molecular formula is C22H25FN4O3S. The molecule has 2 aromatic carbocycles. The third-order valence-corrected chi connectivity index (χ3v) is 7.52. The fraction of sp³-hybridized carbons (Fsp3) is 0.364. The molecule has 164 valence electrons. The van der Waals surface area contributed by atoms with Crippen molar-refractivity contribution in [1.82, 2.24) is 19.6 Å². The molecule has 0 spiro atoms. The van der Waals surface area contributed by atoms with E-state index in [-0.39, 0.29) is 23.3 Å². The summed E-state index contributed by atoms with van der Waals surface area (Å²) in [5.41, 5.74) is 1.68. The van der Waals surface area contributed by atoms with Crippen molar-refractivity contribution < 1.29 is 17.6 Å². The van der Waals surface area contributed by atoms with Gasteiger partial charge in [0.25, 0.3) is 0 Å². The largest absolute Gasteiger partial charge is 0.344 e. The van der Waals surface area contributed by atoms with Gasteiger partial charge in [-0.2, -0.15) is 4.31 Å². The van der Waals surface area contributed by atoms with Gasteiger partial charge in [0.1, 0.15) is 17.7 Å². The first-order chi connectivity index (χ1) is 14.8. The number of nitrogens with one attached hydrogen (secondary N) is 2. The van der Waals surface area contributed by atoms with Gasteiger partial charge in [-0.1, -0.05) is 26.0 Å². The molecule has 2 unspecified atom stereocenters. The Hall–Kier alpha value is -2.78. The van der Waals surface area contributed by atoms with Crippen LogP contribution in [0.5, 0.6) is 0 Å². The predicted molar refractivity (Wildman–Crippen MR) is 115 cm³/mol. The lowest BCUT2D eigenvalue weighted by Gasteiger charge is -2.27. The third-order valence-electron chi connectivity index (χ3n) is 5.59. The molecule has 9 heteroatoms. The summed E-state index contributed by atoms with van der Waals surface area (Å²) in [5, 5.41) is 3.00. The highest BCUT2D eigenvalue weighted by Crippen LogP contribution is 2.28. The van der Waals surface area contributed by atoms with Gasteiger partial charge in [-0.05, 0) is 55.2 Å². The van der Waals surface area contributed by atoms with Crippen molar-refractivity contribution in [3.05, 3.63) is 60.2 Å². The van der Waals surface area contributed by atoms with Gasteiger partial charge >= 0.3 is 0 Å². The van der Waals surface area contributed by atoms with Crippen LogP contribution < -0.4 is 5.32 Å². The number of benzene rings is 2. The van der Waals surface area contributed by atoms with E-state index in [0.717, 1.165) is 23.2 Å². The van der Waals surface area contributed by atoms with Crippen molar-refractivity contribution in [2.45, 2.75) is 43.7 Å². The molecule has 7 nitrogen and oxygen atoms in total. The van der Waals surface area contributed by atoms with Crippen LogP contribution in [0.25, 0.3) is 11.0 Å². The second-order valence-corrected chi connectivity index (χ2v) is 9.99. The highest BCUT2D eigenvalue weighted by Gasteiger charge is 2.40. The molecule has 1 fully saturated rings. The normalized spacial score (nSPS) is 18.5. The molecule has 2 atom stereocenters. The van der Waals surface area contributed by atoms with Gasteiger partial charge in [0.15, 0.2) is 0 Å². The zero-order chi connectivity index (χ0) is 22.2. The van der Waals surface area contributed by atoms with Crippen LogP contribution in [0.15, 0.2) is 53.4 Å². The molecule has 3 aromatic rings. The number of amides is 1. The summed E-state index contributed by atoms with van der Waals surface area (Å²) in [6.45, 7) is 4.19. The van der Waals surface area contributed by atoms with Gasteiger partial charge < -0.3 is 10.3 Å².